The van der Waals surface area contributed by atoms with E-state index in [9.17, 15) is 0 Å². The summed E-state index contributed by atoms with van der Waals surface area (Å²) in [6.45, 7) is 2.67. The largest absolute Gasteiger partial charge is 0.338 e. The monoisotopic (exact) mass is 257 g/mol. The van der Waals surface area contributed by atoms with Gasteiger partial charge in [0.05, 0.1) is 10.0 Å². The molecule has 0 aliphatic rings. The quantitative estimate of drug-likeness (QED) is 0.915. The number of halogens is 2. The summed E-state index contributed by atoms with van der Waals surface area (Å²) in [7, 11) is 0. The number of hydrogen-bond donors (Lipinski definition) is 1. The van der Waals surface area contributed by atoms with Crippen molar-refractivity contribution in [3.8, 4) is 11.4 Å². The number of rotatable bonds is 3. The standard InChI is InChI=1S/C10H9Cl2N3O/c1-2-13-10-14-9(15-16-10)6-3-4-7(11)8(12)5-6/h3-5H,2H2,1H3,(H,13,14,15). The van der Waals surface area contributed by atoms with Gasteiger partial charge in [-0.05, 0) is 25.1 Å². The highest BCUT2D eigenvalue weighted by Crippen LogP contribution is 2.27. The molecule has 6 heteroatoms. The molecule has 0 atom stereocenters. The average Bonchev–Trinajstić information content (AvgIpc) is 2.71. The van der Waals surface area contributed by atoms with Gasteiger partial charge in [0.25, 0.3) is 0 Å². The Hall–Kier alpha value is -1.26. The maximum atomic E-state index is 5.90. The SMILES string of the molecule is CCNc1nc(-c2ccc(Cl)c(Cl)c2)no1. The highest BCUT2D eigenvalue weighted by atomic mass is 35.5. The molecule has 16 heavy (non-hydrogen) atoms. The smallest absolute Gasteiger partial charge is 0.321 e. The van der Waals surface area contributed by atoms with Crippen molar-refractivity contribution in [3.05, 3.63) is 28.2 Å². The lowest BCUT2D eigenvalue weighted by Crippen LogP contribution is -1.95. The lowest BCUT2D eigenvalue weighted by atomic mass is 10.2. The van der Waals surface area contributed by atoms with Crippen LogP contribution in [-0.4, -0.2) is 16.7 Å². The molecule has 0 radical (unpaired) electrons. The lowest BCUT2D eigenvalue weighted by molar-refractivity contribution is 0.432. The third-order valence-corrected chi connectivity index (χ3v) is 2.67. The molecule has 0 saturated carbocycles. The number of nitrogens with one attached hydrogen (secondary N) is 1. The Balaban J connectivity index is 2.31. The van der Waals surface area contributed by atoms with Crippen LogP contribution in [0.15, 0.2) is 22.7 Å². The van der Waals surface area contributed by atoms with E-state index in [1.165, 1.54) is 0 Å². The van der Waals surface area contributed by atoms with E-state index in [2.05, 4.69) is 15.5 Å². The van der Waals surface area contributed by atoms with Crippen molar-refractivity contribution < 1.29 is 4.52 Å². The minimum absolute atomic E-state index is 0.392. The molecular weight excluding hydrogens is 249 g/mol. The Morgan fingerprint density at radius 3 is 2.81 bits per heavy atom. The van der Waals surface area contributed by atoms with E-state index in [4.69, 9.17) is 27.7 Å². The molecule has 2 rings (SSSR count). The minimum atomic E-state index is 0.392. The van der Waals surface area contributed by atoms with E-state index in [1.807, 2.05) is 6.92 Å². The molecular formula is C10H9Cl2N3O. The van der Waals surface area contributed by atoms with Crippen LogP contribution < -0.4 is 5.32 Å². The van der Waals surface area contributed by atoms with Crippen LogP contribution in [0.3, 0.4) is 0 Å². The molecule has 0 bridgehead atoms. The summed E-state index contributed by atoms with van der Waals surface area (Å²) in [5.41, 5.74) is 0.766. The van der Waals surface area contributed by atoms with Gasteiger partial charge in [-0.3, -0.25) is 0 Å². The normalized spacial score (nSPS) is 10.4. The van der Waals surface area contributed by atoms with Crippen LogP contribution in [0, 0.1) is 0 Å². The Bertz CT molecular complexity index is 499. The zero-order valence-corrected chi connectivity index (χ0v) is 10.0. The van der Waals surface area contributed by atoms with E-state index in [-0.39, 0.29) is 0 Å². The van der Waals surface area contributed by atoms with Crippen LogP contribution in [-0.2, 0) is 0 Å². The van der Waals surface area contributed by atoms with Gasteiger partial charge in [-0.25, -0.2) is 0 Å². The van der Waals surface area contributed by atoms with E-state index >= 15 is 0 Å². The summed E-state index contributed by atoms with van der Waals surface area (Å²) < 4.78 is 4.98. The molecule has 1 aromatic heterocycles. The number of benzene rings is 1. The van der Waals surface area contributed by atoms with Crippen LogP contribution in [0.25, 0.3) is 11.4 Å². The molecule has 1 heterocycles. The summed E-state index contributed by atoms with van der Waals surface area (Å²) in [5, 5.41) is 7.72. The second kappa shape index (κ2) is 4.72. The van der Waals surface area contributed by atoms with Gasteiger partial charge in [0.1, 0.15) is 0 Å². The Kier molecular flexibility index (Phi) is 3.31. The molecule has 0 unspecified atom stereocenters. The summed E-state index contributed by atoms with van der Waals surface area (Å²) in [6.07, 6.45) is 0. The number of anilines is 1. The number of aromatic nitrogens is 2. The zero-order valence-electron chi connectivity index (χ0n) is 8.50. The second-order valence-corrected chi connectivity index (χ2v) is 3.90. The fraction of sp³-hybridized carbons (Fsp3) is 0.200. The molecule has 4 nitrogen and oxygen atoms in total. The van der Waals surface area contributed by atoms with Gasteiger partial charge < -0.3 is 9.84 Å². The maximum absolute atomic E-state index is 5.90. The van der Waals surface area contributed by atoms with Crippen molar-refractivity contribution in [2.24, 2.45) is 0 Å². The highest BCUT2D eigenvalue weighted by Gasteiger charge is 2.09. The first-order valence-corrected chi connectivity index (χ1v) is 5.49. The predicted molar refractivity (Wildman–Crippen MR) is 63.9 cm³/mol. The van der Waals surface area contributed by atoms with E-state index < -0.39 is 0 Å². The van der Waals surface area contributed by atoms with Gasteiger partial charge in [0, 0.05) is 12.1 Å². The Morgan fingerprint density at radius 2 is 2.12 bits per heavy atom. The van der Waals surface area contributed by atoms with Crippen LogP contribution in [0.4, 0.5) is 6.01 Å². The van der Waals surface area contributed by atoms with Crippen LogP contribution in [0.2, 0.25) is 10.0 Å². The summed E-state index contributed by atoms with van der Waals surface area (Å²) >= 11 is 11.7. The summed E-state index contributed by atoms with van der Waals surface area (Å²) in [5.74, 6) is 0.481. The molecule has 1 aromatic carbocycles. The van der Waals surface area contributed by atoms with Gasteiger partial charge in [0.15, 0.2) is 0 Å². The third kappa shape index (κ3) is 2.28. The van der Waals surface area contributed by atoms with Crippen molar-refractivity contribution in [1.82, 2.24) is 10.1 Å². The maximum Gasteiger partial charge on any atom is 0.321 e. The fourth-order valence-corrected chi connectivity index (χ4v) is 1.50. The molecule has 0 fully saturated rings. The molecule has 0 spiro atoms. The first-order chi connectivity index (χ1) is 7.70. The average molecular weight is 258 g/mol. The van der Waals surface area contributed by atoms with Gasteiger partial charge in [-0.1, -0.05) is 28.4 Å². The van der Waals surface area contributed by atoms with Crippen molar-refractivity contribution in [3.63, 3.8) is 0 Å². The minimum Gasteiger partial charge on any atom is -0.338 e. The van der Waals surface area contributed by atoms with E-state index in [1.54, 1.807) is 18.2 Å². The van der Waals surface area contributed by atoms with Gasteiger partial charge in [0.2, 0.25) is 5.82 Å². The molecule has 0 aliphatic heterocycles. The fourth-order valence-electron chi connectivity index (χ4n) is 1.20. The van der Waals surface area contributed by atoms with Crippen LogP contribution >= 0.6 is 23.2 Å². The lowest BCUT2D eigenvalue weighted by Gasteiger charge is -1.97. The van der Waals surface area contributed by atoms with Crippen molar-refractivity contribution >= 4 is 29.2 Å². The number of nitrogens with zero attached hydrogens (tertiary/aromatic N) is 2. The Morgan fingerprint density at radius 1 is 1.31 bits per heavy atom. The van der Waals surface area contributed by atoms with Crippen molar-refractivity contribution in [1.29, 1.82) is 0 Å². The molecule has 0 saturated heterocycles. The first-order valence-electron chi connectivity index (χ1n) is 4.73. The van der Waals surface area contributed by atoms with Crippen molar-refractivity contribution in [2.75, 3.05) is 11.9 Å². The molecule has 1 N–H and O–H groups in total. The van der Waals surface area contributed by atoms with Crippen molar-refractivity contribution in [2.45, 2.75) is 6.92 Å². The first kappa shape index (κ1) is 11.2. The predicted octanol–water partition coefficient (Wildman–Crippen LogP) is 3.48. The van der Waals surface area contributed by atoms with E-state index in [0.29, 0.717) is 21.9 Å². The zero-order chi connectivity index (χ0) is 11.5. The summed E-state index contributed by atoms with van der Waals surface area (Å²) in [4.78, 5) is 4.15. The molecule has 2 aromatic rings. The molecule has 0 amide bonds. The van der Waals surface area contributed by atoms with E-state index in [0.717, 1.165) is 12.1 Å². The van der Waals surface area contributed by atoms with Gasteiger partial charge in [-0.2, -0.15) is 4.98 Å². The third-order valence-electron chi connectivity index (χ3n) is 1.93. The van der Waals surface area contributed by atoms with Gasteiger partial charge >= 0.3 is 6.01 Å². The topological polar surface area (TPSA) is 51.0 Å². The van der Waals surface area contributed by atoms with Gasteiger partial charge in [-0.15, -0.1) is 0 Å². The second-order valence-electron chi connectivity index (χ2n) is 3.08. The molecule has 84 valence electrons. The highest BCUT2D eigenvalue weighted by molar-refractivity contribution is 6.42. The molecule has 0 aliphatic carbocycles. The van der Waals surface area contributed by atoms with Crippen LogP contribution in [0.1, 0.15) is 6.92 Å². The Labute approximate surface area is 103 Å². The number of hydrogen-bond acceptors (Lipinski definition) is 4. The summed E-state index contributed by atoms with van der Waals surface area (Å²) in [6, 6.07) is 5.57. The van der Waals surface area contributed by atoms with Crippen LogP contribution in [0.5, 0.6) is 0 Å².